The highest BCUT2D eigenvalue weighted by Crippen LogP contribution is 2.34. The zero-order chi connectivity index (χ0) is 15.6. The molecule has 0 aromatic carbocycles. The first-order valence-corrected chi connectivity index (χ1v) is 7.23. The fraction of sp³-hybridized carbons (Fsp3) is 0.667. The molecule has 0 spiro atoms. The average molecular weight is 293 g/mol. The van der Waals surface area contributed by atoms with Crippen LogP contribution >= 0.6 is 0 Å². The summed E-state index contributed by atoms with van der Waals surface area (Å²) >= 11 is 0. The van der Waals surface area contributed by atoms with Crippen molar-refractivity contribution in [2.45, 2.75) is 33.3 Å². The lowest BCUT2D eigenvalue weighted by Crippen LogP contribution is -2.39. The second-order valence-corrected chi connectivity index (χ2v) is 6.60. The van der Waals surface area contributed by atoms with Crippen molar-refractivity contribution in [2.24, 2.45) is 18.4 Å². The minimum absolute atomic E-state index is 0.0563. The maximum Gasteiger partial charge on any atom is 0.271 e. The summed E-state index contributed by atoms with van der Waals surface area (Å²) < 4.78 is 6.95. The van der Waals surface area contributed by atoms with Gasteiger partial charge in [0.15, 0.2) is 0 Å². The number of aryl methyl sites for hydroxylation is 1. The number of carbonyl (C=O) groups excluding carboxylic acids is 1. The van der Waals surface area contributed by atoms with Gasteiger partial charge in [-0.2, -0.15) is 5.10 Å². The molecule has 1 N–H and O–H groups in total. The molecule has 0 bridgehead atoms. The molecular formula is C15H23N3O3. The Kier molecular flexibility index (Phi) is 4.46. The van der Waals surface area contributed by atoms with E-state index in [9.17, 15) is 9.59 Å². The number of nitrogens with zero attached hydrogens (tertiary/aromatic N) is 2. The zero-order valence-electron chi connectivity index (χ0n) is 13.0. The fourth-order valence-electron chi connectivity index (χ4n) is 2.74. The molecule has 1 amide bonds. The Morgan fingerprint density at radius 3 is 2.81 bits per heavy atom. The van der Waals surface area contributed by atoms with Crippen LogP contribution in [0.25, 0.3) is 0 Å². The van der Waals surface area contributed by atoms with Crippen LogP contribution in [0.1, 0.15) is 37.7 Å². The summed E-state index contributed by atoms with van der Waals surface area (Å²) in [4.78, 5) is 23.4. The van der Waals surface area contributed by atoms with Gasteiger partial charge in [-0.15, -0.1) is 0 Å². The highest BCUT2D eigenvalue weighted by Gasteiger charge is 2.37. The Labute approximate surface area is 124 Å². The summed E-state index contributed by atoms with van der Waals surface area (Å²) in [5.41, 5.74) is 0.0766. The van der Waals surface area contributed by atoms with E-state index in [-0.39, 0.29) is 28.7 Å². The van der Waals surface area contributed by atoms with Crippen molar-refractivity contribution >= 4 is 5.91 Å². The first kappa shape index (κ1) is 15.7. The molecule has 6 heteroatoms. The van der Waals surface area contributed by atoms with Crippen LogP contribution in [0, 0.1) is 11.3 Å². The van der Waals surface area contributed by atoms with Gasteiger partial charge in [0.05, 0.1) is 6.10 Å². The van der Waals surface area contributed by atoms with Crippen molar-refractivity contribution in [1.29, 1.82) is 0 Å². The molecular weight excluding hydrogens is 270 g/mol. The minimum atomic E-state index is -0.259. The molecule has 6 nitrogen and oxygen atoms in total. The van der Waals surface area contributed by atoms with Gasteiger partial charge >= 0.3 is 0 Å². The third kappa shape index (κ3) is 3.69. The highest BCUT2D eigenvalue weighted by molar-refractivity contribution is 5.91. The van der Waals surface area contributed by atoms with E-state index in [1.165, 1.54) is 19.2 Å². The van der Waals surface area contributed by atoms with Crippen LogP contribution in [0.2, 0.25) is 0 Å². The van der Waals surface area contributed by atoms with Crippen LogP contribution in [0.15, 0.2) is 16.9 Å². The van der Waals surface area contributed by atoms with Gasteiger partial charge in [0.1, 0.15) is 5.69 Å². The maximum atomic E-state index is 12.1. The van der Waals surface area contributed by atoms with Gasteiger partial charge in [-0.3, -0.25) is 9.59 Å². The lowest BCUT2D eigenvalue weighted by Gasteiger charge is -2.31. The Hall–Kier alpha value is -1.69. The monoisotopic (exact) mass is 293 g/mol. The van der Waals surface area contributed by atoms with Crippen LogP contribution in [0.3, 0.4) is 0 Å². The summed E-state index contributed by atoms with van der Waals surface area (Å²) in [6, 6.07) is 2.79. The van der Waals surface area contributed by atoms with Gasteiger partial charge in [-0.1, -0.05) is 20.8 Å². The SMILES string of the molecule is Cn1nc(C(=O)NC[C@H]2CCO[C@@H]2C(C)(C)C)ccc1=O. The smallest absolute Gasteiger partial charge is 0.271 e. The van der Waals surface area contributed by atoms with Crippen molar-refractivity contribution in [3.05, 3.63) is 28.2 Å². The molecule has 1 saturated heterocycles. The molecule has 21 heavy (non-hydrogen) atoms. The third-order valence-electron chi connectivity index (χ3n) is 3.79. The van der Waals surface area contributed by atoms with E-state index < -0.39 is 0 Å². The van der Waals surface area contributed by atoms with Crippen LogP contribution in [-0.4, -0.2) is 34.9 Å². The first-order valence-electron chi connectivity index (χ1n) is 7.23. The Bertz CT molecular complexity index is 574. The van der Waals surface area contributed by atoms with Gasteiger partial charge in [0.25, 0.3) is 11.5 Å². The van der Waals surface area contributed by atoms with Crippen LogP contribution in [0.5, 0.6) is 0 Å². The molecule has 2 rings (SSSR count). The molecule has 2 atom stereocenters. The minimum Gasteiger partial charge on any atom is -0.377 e. The topological polar surface area (TPSA) is 73.2 Å². The largest absolute Gasteiger partial charge is 0.377 e. The van der Waals surface area contributed by atoms with E-state index in [4.69, 9.17) is 4.74 Å². The predicted molar refractivity (Wildman–Crippen MR) is 79.1 cm³/mol. The second kappa shape index (κ2) is 5.97. The molecule has 0 unspecified atom stereocenters. The molecule has 1 aromatic rings. The summed E-state index contributed by atoms with van der Waals surface area (Å²) in [6.45, 7) is 7.73. The summed E-state index contributed by atoms with van der Waals surface area (Å²) in [7, 11) is 1.53. The number of amides is 1. The van der Waals surface area contributed by atoms with Gasteiger partial charge in [0, 0.05) is 32.2 Å². The standard InChI is InChI=1S/C15H23N3O3/c1-15(2,3)13-10(7-8-21-13)9-16-14(20)11-5-6-12(19)18(4)17-11/h5-6,10,13H,7-9H2,1-4H3,(H,16,20)/t10-,13+/m1/s1. The van der Waals surface area contributed by atoms with Crippen molar-refractivity contribution in [3.63, 3.8) is 0 Å². The second-order valence-electron chi connectivity index (χ2n) is 6.60. The molecule has 1 aliphatic rings. The van der Waals surface area contributed by atoms with E-state index in [1.807, 2.05) is 0 Å². The number of aromatic nitrogens is 2. The van der Waals surface area contributed by atoms with Crippen LogP contribution in [0.4, 0.5) is 0 Å². The normalized spacial score (nSPS) is 22.3. The molecule has 1 aromatic heterocycles. The molecule has 0 saturated carbocycles. The Morgan fingerprint density at radius 1 is 1.48 bits per heavy atom. The number of hydrogen-bond donors (Lipinski definition) is 1. The zero-order valence-corrected chi connectivity index (χ0v) is 13.0. The quantitative estimate of drug-likeness (QED) is 0.901. The van der Waals surface area contributed by atoms with Gasteiger partial charge in [-0.25, -0.2) is 4.68 Å². The van der Waals surface area contributed by atoms with E-state index in [2.05, 4.69) is 31.2 Å². The molecule has 0 radical (unpaired) electrons. The van der Waals surface area contributed by atoms with E-state index in [0.29, 0.717) is 12.5 Å². The first-order chi connectivity index (χ1) is 9.79. The van der Waals surface area contributed by atoms with Crippen LogP contribution < -0.4 is 10.9 Å². The fourth-order valence-corrected chi connectivity index (χ4v) is 2.74. The maximum absolute atomic E-state index is 12.1. The summed E-state index contributed by atoms with van der Waals surface area (Å²) in [5.74, 6) is 0.0478. The van der Waals surface area contributed by atoms with Crippen molar-refractivity contribution in [3.8, 4) is 0 Å². The number of ether oxygens (including phenoxy) is 1. The van der Waals surface area contributed by atoms with Gasteiger partial charge in [0.2, 0.25) is 0 Å². The van der Waals surface area contributed by atoms with E-state index in [1.54, 1.807) is 0 Å². The summed E-state index contributed by atoms with van der Waals surface area (Å²) in [6.07, 6.45) is 1.09. The molecule has 1 aliphatic heterocycles. The van der Waals surface area contributed by atoms with Crippen molar-refractivity contribution in [2.75, 3.05) is 13.2 Å². The van der Waals surface area contributed by atoms with Crippen molar-refractivity contribution < 1.29 is 9.53 Å². The lowest BCUT2D eigenvalue weighted by atomic mass is 9.81. The molecule has 1 fully saturated rings. The van der Waals surface area contributed by atoms with E-state index in [0.717, 1.165) is 17.7 Å². The molecule has 116 valence electrons. The molecule has 2 heterocycles. The van der Waals surface area contributed by atoms with E-state index >= 15 is 0 Å². The van der Waals surface area contributed by atoms with Gasteiger partial charge < -0.3 is 10.1 Å². The average Bonchev–Trinajstić information content (AvgIpc) is 2.87. The number of nitrogens with one attached hydrogen (secondary N) is 1. The Balaban J connectivity index is 1.97. The number of rotatable bonds is 3. The highest BCUT2D eigenvalue weighted by atomic mass is 16.5. The number of carbonyl (C=O) groups is 1. The third-order valence-corrected chi connectivity index (χ3v) is 3.79. The number of hydrogen-bond acceptors (Lipinski definition) is 4. The van der Waals surface area contributed by atoms with Crippen molar-refractivity contribution in [1.82, 2.24) is 15.1 Å². The summed E-state index contributed by atoms with van der Waals surface area (Å²) in [5, 5.41) is 6.84. The lowest BCUT2D eigenvalue weighted by molar-refractivity contribution is 0.00735. The molecule has 0 aliphatic carbocycles. The van der Waals surface area contributed by atoms with Gasteiger partial charge in [-0.05, 0) is 17.9 Å². The predicted octanol–water partition coefficient (Wildman–Crippen LogP) is 0.961. The Morgan fingerprint density at radius 2 is 2.19 bits per heavy atom. The van der Waals surface area contributed by atoms with Crippen LogP contribution in [-0.2, 0) is 11.8 Å².